The lowest BCUT2D eigenvalue weighted by Gasteiger charge is -2.23. The van der Waals surface area contributed by atoms with Crippen LogP contribution >= 0.6 is 0 Å². The predicted octanol–water partition coefficient (Wildman–Crippen LogP) is 9.90. The number of rotatable bonds is 10. The zero-order chi connectivity index (χ0) is 34.6. The number of benzene rings is 3. The highest BCUT2D eigenvalue weighted by atomic mass is 19.4. The van der Waals surface area contributed by atoms with Gasteiger partial charge in [0.05, 0.1) is 23.1 Å². The lowest BCUT2D eigenvalue weighted by Crippen LogP contribution is -2.23. The molecule has 0 amide bonds. The number of fused-ring (bicyclic) bond motifs is 1. The molecule has 4 aromatic rings. The molecule has 1 unspecified atom stereocenters. The van der Waals surface area contributed by atoms with Crippen molar-refractivity contribution in [1.29, 1.82) is 0 Å². The number of hydrogen-bond donors (Lipinski definition) is 0. The molecule has 3 aromatic carbocycles. The molecule has 1 aromatic heterocycles. The van der Waals surface area contributed by atoms with Crippen LogP contribution in [0.4, 0.5) is 22.0 Å². The van der Waals surface area contributed by atoms with Crippen LogP contribution in [-0.2, 0) is 20.4 Å². The fraction of sp³-hybridized carbons (Fsp3) is 0.405. The second-order valence-corrected chi connectivity index (χ2v) is 12.8. The second-order valence-electron chi connectivity index (χ2n) is 12.8. The van der Waals surface area contributed by atoms with E-state index in [0.717, 1.165) is 25.0 Å². The molecule has 1 aliphatic heterocycles. The SMILES string of the molecule is CCC(=C(c1ccc(OCCCC(=O)OC(C)(C)C)cc1)c1ccc2c(c1)c(F)nn2C1CCCCO1)c1cc(F)cc(C(F)(F)F)c1. The van der Waals surface area contributed by atoms with Crippen molar-refractivity contribution in [2.45, 2.75) is 84.2 Å². The molecular formula is C37H39F5N2O4. The largest absolute Gasteiger partial charge is 0.494 e. The van der Waals surface area contributed by atoms with Gasteiger partial charge in [-0.2, -0.15) is 17.6 Å². The fourth-order valence-corrected chi connectivity index (χ4v) is 5.88. The van der Waals surface area contributed by atoms with Crippen molar-refractivity contribution in [3.63, 3.8) is 0 Å². The Morgan fingerprint density at radius 2 is 1.69 bits per heavy atom. The Balaban J connectivity index is 1.53. The summed E-state index contributed by atoms with van der Waals surface area (Å²) in [6.07, 6.45) is -1.74. The molecule has 0 saturated carbocycles. The van der Waals surface area contributed by atoms with Gasteiger partial charge in [-0.15, -0.1) is 5.10 Å². The van der Waals surface area contributed by atoms with Gasteiger partial charge in [-0.1, -0.05) is 25.1 Å². The Hall–Kier alpha value is -4.25. The van der Waals surface area contributed by atoms with Crippen molar-refractivity contribution in [1.82, 2.24) is 9.78 Å². The second kappa shape index (κ2) is 14.5. The topological polar surface area (TPSA) is 62.6 Å². The van der Waals surface area contributed by atoms with Crippen molar-refractivity contribution in [3.05, 3.63) is 94.7 Å². The molecule has 6 nitrogen and oxygen atoms in total. The maximum atomic E-state index is 15.4. The highest BCUT2D eigenvalue weighted by molar-refractivity contribution is 6.00. The number of alkyl halides is 3. The molecule has 0 radical (unpaired) electrons. The van der Waals surface area contributed by atoms with Gasteiger partial charge < -0.3 is 14.2 Å². The van der Waals surface area contributed by atoms with Crippen molar-refractivity contribution in [2.75, 3.05) is 13.2 Å². The maximum absolute atomic E-state index is 15.4. The van der Waals surface area contributed by atoms with E-state index in [-0.39, 0.29) is 36.4 Å². The summed E-state index contributed by atoms with van der Waals surface area (Å²) in [6, 6.07) is 14.5. The van der Waals surface area contributed by atoms with Crippen LogP contribution in [0.3, 0.4) is 0 Å². The molecule has 2 heterocycles. The van der Waals surface area contributed by atoms with Gasteiger partial charge >= 0.3 is 12.1 Å². The number of hydrogen-bond acceptors (Lipinski definition) is 5. The van der Waals surface area contributed by atoms with Gasteiger partial charge in [0.25, 0.3) is 0 Å². The summed E-state index contributed by atoms with van der Waals surface area (Å²) in [4.78, 5) is 12.0. The Morgan fingerprint density at radius 3 is 2.33 bits per heavy atom. The lowest BCUT2D eigenvalue weighted by atomic mass is 9.87. The molecule has 0 aliphatic carbocycles. The number of nitrogens with zero attached hydrogens (tertiary/aromatic N) is 2. The van der Waals surface area contributed by atoms with E-state index in [0.29, 0.717) is 59.1 Å². The summed E-state index contributed by atoms with van der Waals surface area (Å²) in [5, 5.41) is 4.36. The van der Waals surface area contributed by atoms with Gasteiger partial charge in [0.1, 0.15) is 17.2 Å². The molecule has 0 spiro atoms. The summed E-state index contributed by atoms with van der Waals surface area (Å²) in [5.74, 6) is -1.52. The van der Waals surface area contributed by atoms with Crippen LogP contribution < -0.4 is 4.74 Å². The van der Waals surface area contributed by atoms with Crippen LogP contribution in [0, 0.1) is 11.8 Å². The lowest BCUT2D eigenvalue weighted by molar-refractivity contribution is -0.155. The van der Waals surface area contributed by atoms with Gasteiger partial charge in [0.2, 0.25) is 5.95 Å². The van der Waals surface area contributed by atoms with E-state index in [9.17, 15) is 22.4 Å². The average molecular weight is 671 g/mol. The van der Waals surface area contributed by atoms with Crippen LogP contribution in [0.2, 0.25) is 0 Å². The normalized spacial score (nSPS) is 16.1. The van der Waals surface area contributed by atoms with Gasteiger partial charge in [-0.25, -0.2) is 9.07 Å². The molecule has 1 saturated heterocycles. The van der Waals surface area contributed by atoms with Crippen molar-refractivity contribution in [2.24, 2.45) is 0 Å². The van der Waals surface area contributed by atoms with Crippen LogP contribution in [0.5, 0.6) is 5.75 Å². The van der Waals surface area contributed by atoms with Crippen LogP contribution in [0.25, 0.3) is 22.0 Å². The monoisotopic (exact) mass is 670 g/mol. The summed E-state index contributed by atoms with van der Waals surface area (Å²) >= 11 is 0. The smallest absolute Gasteiger partial charge is 0.416 e. The molecular weight excluding hydrogens is 631 g/mol. The molecule has 5 rings (SSSR count). The number of allylic oxidation sites excluding steroid dienone is 1. The van der Waals surface area contributed by atoms with E-state index < -0.39 is 35.3 Å². The van der Waals surface area contributed by atoms with E-state index in [1.807, 2.05) is 0 Å². The quantitative estimate of drug-likeness (QED) is 0.0728. The molecule has 48 heavy (non-hydrogen) atoms. The zero-order valence-electron chi connectivity index (χ0n) is 27.4. The van der Waals surface area contributed by atoms with Crippen LogP contribution in [-0.4, -0.2) is 34.6 Å². The Morgan fingerprint density at radius 1 is 0.958 bits per heavy atom. The highest BCUT2D eigenvalue weighted by Gasteiger charge is 2.32. The van der Waals surface area contributed by atoms with E-state index in [1.54, 1.807) is 70.2 Å². The van der Waals surface area contributed by atoms with Gasteiger partial charge in [-0.05, 0) is 123 Å². The molecule has 11 heteroatoms. The third kappa shape index (κ3) is 8.42. The summed E-state index contributed by atoms with van der Waals surface area (Å²) < 4.78 is 89.8. The summed E-state index contributed by atoms with van der Waals surface area (Å²) in [5.41, 5.74) is 0.990. The molecule has 0 bridgehead atoms. The molecule has 256 valence electrons. The Bertz CT molecular complexity index is 1780. The number of aromatic nitrogens is 2. The fourth-order valence-electron chi connectivity index (χ4n) is 5.88. The molecule has 1 aliphatic rings. The summed E-state index contributed by atoms with van der Waals surface area (Å²) in [6.45, 7) is 7.98. The van der Waals surface area contributed by atoms with E-state index in [4.69, 9.17) is 14.2 Å². The minimum atomic E-state index is -4.75. The van der Waals surface area contributed by atoms with Gasteiger partial charge in [0, 0.05) is 13.0 Å². The number of esters is 1. The maximum Gasteiger partial charge on any atom is 0.416 e. The number of carbonyl (C=O) groups is 1. The molecule has 0 N–H and O–H groups in total. The Labute approximate surface area is 276 Å². The number of halogens is 5. The number of carbonyl (C=O) groups excluding carboxylic acids is 1. The zero-order valence-corrected chi connectivity index (χ0v) is 27.4. The highest BCUT2D eigenvalue weighted by Crippen LogP contribution is 2.39. The first-order chi connectivity index (χ1) is 22.7. The first kappa shape index (κ1) is 35.1. The van der Waals surface area contributed by atoms with Crippen molar-refractivity contribution >= 4 is 28.0 Å². The van der Waals surface area contributed by atoms with Crippen molar-refractivity contribution < 1.29 is 41.0 Å². The Kier molecular flexibility index (Phi) is 10.6. The summed E-state index contributed by atoms with van der Waals surface area (Å²) in [7, 11) is 0. The molecule has 1 atom stereocenters. The van der Waals surface area contributed by atoms with Crippen molar-refractivity contribution in [3.8, 4) is 5.75 Å². The predicted molar refractivity (Wildman–Crippen MR) is 173 cm³/mol. The van der Waals surface area contributed by atoms with Crippen LogP contribution in [0.1, 0.15) is 94.7 Å². The molecule has 1 fully saturated rings. The van der Waals surface area contributed by atoms with E-state index >= 15 is 4.39 Å². The van der Waals surface area contributed by atoms with Crippen LogP contribution in [0.15, 0.2) is 60.7 Å². The van der Waals surface area contributed by atoms with E-state index in [1.165, 1.54) is 4.68 Å². The third-order valence-electron chi connectivity index (χ3n) is 7.96. The average Bonchev–Trinajstić information content (AvgIpc) is 3.36. The van der Waals surface area contributed by atoms with E-state index in [2.05, 4.69) is 5.10 Å². The van der Waals surface area contributed by atoms with Gasteiger partial charge in [-0.3, -0.25) is 4.79 Å². The first-order valence-corrected chi connectivity index (χ1v) is 16.1. The minimum absolute atomic E-state index is 0.0640. The number of ether oxygens (including phenoxy) is 3. The minimum Gasteiger partial charge on any atom is -0.494 e. The third-order valence-corrected chi connectivity index (χ3v) is 7.96. The standard InChI is InChI=1S/C37H39F5N2O4/c1-5-29(25-19-26(37(40,41)42)22-27(38)20-25)34(23-11-14-28(15-12-23)46-18-8-10-33(45)48-36(2,3)4)24-13-16-31-30(21-24)35(39)43-44(31)32-9-6-7-17-47-32/h11-16,19-22,32H,5-10,17-18H2,1-4H3. The van der Waals surface area contributed by atoms with Gasteiger partial charge in [0.15, 0.2) is 6.23 Å². The first-order valence-electron chi connectivity index (χ1n) is 16.1.